The molecular formula is C14H16F3N. The van der Waals surface area contributed by atoms with Crippen molar-refractivity contribution in [1.29, 1.82) is 0 Å². The topological polar surface area (TPSA) is 12.0 Å². The van der Waals surface area contributed by atoms with E-state index < -0.39 is 11.7 Å². The maximum Gasteiger partial charge on any atom is 0.416 e. The van der Waals surface area contributed by atoms with E-state index >= 15 is 0 Å². The van der Waals surface area contributed by atoms with Crippen LogP contribution in [0.3, 0.4) is 0 Å². The van der Waals surface area contributed by atoms with E-state index in [1.165, 1.54) is 12.1 Å². The fourth-order valence-corrected chi connectivity index (χ4v) is 3.34. The molecule has 1 N–H and O–H groups in total. The zero-order valence-corrected chi connectivity index (χ0v) is 10.2. The molecule has 18 heavy (non-hydrogen) atoms. The van der Waals surface area contributed by atoms with Crippen molar-refractivity contribution < 1.29 is 13.2 Å². The molecule has 1 fully saturated rings. The number of benzene rings is 1. The van der Waals surface area contributed by atoms with Crippen LogP contribution in [0.5, 0.6) is 0 Å². The Labute approximate surface area is 104 Å². The van der Waals surface area contributed by atoms with Gasteiger partial charge in [-0.3, -0.25) is 0 Å². The van der Waals surface area contributed by atoms with Gasteiger partial charge < -0.3 is 5.32 Å². The van der Waals surface area contributed by atoms with Crippen LogP contribution < -0.4 is 5.32 Å². The zero-order valence-electron chi connectivity index (χ0n) is 10.2. The van der Waals surface area contributed by atoms with Crippen LogP contribution in [0.15, 0.2) is 18.2 Å². The Hall–Kier alpha value is -1.03. The fraction of sp³-hybridized carbons (Fsp3) is 0.571. The van der Waals surface area contributed by atoms with Gasteiger partial charge in [0.25, 0.3) is 0 Å². The highest BCUT2D eigenvalue weighted by molar-refractivity contribution is 5.40. The molecule has 3 unspecified atom stereocenters. The van der Waals surface area contributed by atoms with Gasteiger partial charge in [-0.15, -0.1) is 0 Å². The van der Waals surface area contributed by atoms with Gasteiger partial charge in [0, 0.05) is 6.04 Å². The van der Waals surface area contributed by atoms with Gasteiger partial charge >= 0.3 is 6.18 Å². The Morgan fingerprint density at radius 3 is 2.78 bits per heavy atom. The lowest BCUT2D eigenvalue weighted by Crippen LogP contribution is -2.36. The van der Waals surface area contributed by atoms with E-state index in [-0.39, 0.29) is 6.04 Å². The molecule has 0 bridgehead atoms. The number of nitrogens with one attached hydrogen (secondary N) is 1. The number of fused-ring (bicyclic) bond motifs is 3. The van der Waals surface area contributed by atoms with Crippen LogP contribution in [0.2, 0.25) is 0 Å². The van der Waals surface area contributed by atoms with Gasteiger partial charge in [0.05, 0.1) is 5.56 Å². The number of halogens is 3. The largest absolute Gasteiger partial charge is 0.416 e. The van der Waals surface area contributed by atoms with Crippen LogP contribution in [-0.4, -0.2) is 6.54 Å². The highest BCUT2D eigenvalue weighted by Gasteiger charge is 2.38. The number of alkyl halides is 3. The first-order valence-corrected chi connectivity index (χ1v) is 6.38. The minimum atomic E-state index is -4.23. The normalized spacial score (nSPS) is 31.0. The third kappa shape index (κ3) is 1.92. The quantitative estimate of drug-likeness (QED) is 0.747. The molecule has 1 aliphatic carbocycles. The lowest BCUT2D eigenvalue weighted by molar-refractivity contribution is -0.137. The van der Waals surface area contributed by atoms with Crippen molar-refractivity contribution in [2.45, 2.75) is 32.0 Å². The maximum atomic E-state index is 12.7. The van der Waals surface area contributed by atoms with Crippen molar-refractivity contribution in [2.75, 3.05) is 6.54 Å². The van der Waals surface area contributed by atoms with Gasteiger partial charge in [0.15, 0.2) is 0 Å². The molecule has 1 aromatic carbocycles. The van der Waals surface area contributed by atoms with E-state index in [4.69, 9.17) is 0 Å². The van der Waals surface area contributed by atoms with E-state index in [1.54, 1.807) is 6.07 Å². The second-order valence-corrected chi connectivity index (χ2v) is 5.60. The minimum Gasteiger partial charge on any atom is -0.309 e. The second-order valence-electron chi connectivity index (χ2n) is 5.60. The summed E-state index contributed by atoms with van der Waals surface area (Å²) in [5, 5.41) is 3.46. The first-order valence-electron chi connectivity index (χ1n) is 6.38. The SMILES string of the molecule is CC1CNC2c3ccc(C(F)(F)F)cc3CC2C1. The summed E-state index contributed by atoms with van der Waals surface area (Å²) in [5.41, 5.74) is 1.43. The monoisotopic (exact) mass is 255 g/mol. The minimum absolute atomic E-state index is 0.262. The lowest BCUT2D eigenvalue weighted by atomic mass is 9.86. The van der Waals surface area contributed by atoms with E-state index in [1.807, 2.05) is 0 Å². The highest BCUT2D eigenvalue weighted by atomic mass is 19.4. The molecule has 0 saturated carbocycles. The van der Waals surface area contributed by atoms with Crippen LogP contribution in [-0.2, 0) is 12.6 Å². The van der Waals surface area contributed by atoms with Crippen LogP contribution in [0, 0.1) is 11.8 Å². The first-order chi connectivity index (χ1) is 8.45. The molecular weight excluding hydrogens is 239 g/mol. The molecule has 98 valence electrons. The molecule has 0 aromatic heterocycles. The molecule has 3 rings (SSSR count). The Kier molecular flexibility index (Phi) is 2.66. The Morgan fingerprint density at radius 2 is 2.06 bits per heavy atom. The molecule has 0 amide bonds. The molecule has 1 saturated heterocycles. The summed E-state index contributed by atoms with van der Waals surface area (Å²) >= 11 is 0. The molecule has 0 spiro atoms. The molecule has 4 heteroatoms. The molecule has 1 nitrogen and oxygen atoms in total. The zero-order chi connectivity index (χ0) is 12.9. The van der Waals surface area contributed by atoms with Crippen molar-refractivity contribution in [3.05, 3.63) is 34.9 Å². The molecule has 3 atom stereocenters. The van der Waals surface area contributed by atoms with Crippen molar-refractivity contribution >= 4 is 0 Å². The summed E-state index contributed by atoms with van der Waals surface area (Å²) in [4.78, 5) is 0. The Morgan fingerprint density at radius 1 is 1.28 bits per heavy atom. The predicted octanol–water partition coefficient (Wildman–Crippen LogP) is 3.55. The summed E-state index contributed by atoms with van der Waals surface area (Å²) in [6.45, 7) is 3.15. The van der Waals surface area contributed by atoms with Crippen LogP contribution in [0.25, 0.3) is 0 Å². The molecule has 2 aliphatic rings. The molecule has 1 aliphatic heterocycles. The molecule has 0 radical (unpaired) electrons. The van der Waals surface area contributed by atoms with Gasteiger partial charge in [0.2, 0.25) is 0 Å². The van der Waals surface area contributed by atoms with Crippen LogP contribution in [0.1, 0.15) is 36.1 Å². The van der Waals surface area contributed by atoms with Gasteiger partial charge in [-0.1, -0.05) is 13.0 Å². The summed E-state index contributed by atoms with van der Waals surface area (Å²) < 4.78 is 38.0. The number of hydrogen-bond donors (Lipinski definition) is 1. The average Bonchev–Trinajstić information content (AvgIpc) is 2.63. The first kappa shape index (κ1) is 12.0. The summed E-state index contributed by atoms with van der Waals surface area (Å²) in [7, 11) is 0. The van der Waals surface area contributed by atoms with Crippen molar-refractivity contribution in [2.24, 2.45) is 11.8 Å². The Bertz CT molecular complexity index is 467. The van der Waals surface area contributed by atoms with Gasteiger partial charge in [0.1, 0.15) is 0 Å². The lowest BCUT2D eigenvalue weighted by Gasteiger charge is -2.31. The Balaban J connectivity index is 1.93. The number of piperidine rings is 1. The average molecular weight is 255 g/mol. The number of rotatable bonds is 0. The standard InChI is InChI=1S/C14H16F3N/c1-8-4-10-5-9-6-11(14(15,16)17)2-3-12(9)13(10)18-7-8/h2-3,6,8,10,13,18H,4-5,7H2,1H3. The molecule has 1 heterocycles. The predicted molar refractivity (Wildman–Crippen MR) is 63.2 cm³/mol. The highest BCUT2D eigenvalue weighted by Crippen LogP contribution is 2.43. The van der Waals surface area contributed by atoms with Crippen molar-refractivity contribution in [1.82, 2.24) is 5.32 Å². The van der Waals surface area contributed by atoms with Crippen molar-refractivity contribution in [3.8, 4) is 0 Å². The van der Waals surface area contributed by atoms with E-state index in [0.717, 1.165) is 30.5 Å². The summed E-state index contributed by atoms with van der Waals surface area (Å²) in [6.07, 6.45) is -2.35. The second kappa shape index (κ2) is 3.98. The van der Waals surface area contributed by atoms with Gasteiger partial charge in [-0.25, -0.2) is 0 Å². The third-order valence-electron chi connectivity index (χ3n) is 4.15. The smallest absolute Gasteiger partial charge is 0.309 e. The fourth-order valence-electron chi connectivity index (χ4n) is 3.34. The maximum absolute atomic E-state index is 12.7. The summed E-state index contributed by atoms with van der Waals surface area (Å²) in [6, 6.07) is 4.46. The van der Waals surface area contributed by atoms with Crippen LogP contribution >= 0.6 is 0 Å². The summed E-state index contributed by atoms with van der Waals surface area (Å²) in [5.74, 6) is 1.08. The van der Waals surface area contributed by atoms with Gasteiger partial charge in [-0.05, 0) is 54.5 Å². The van der Waals surface area contributed by atoms with E-state index in [9.17, 15) is 13.2 Å². The third-order valence-corrected chi connectivity index (χ3v) is 4.15. The van der Waals surface area contributed by atoms with Gasteiger partial charge in [-0.2, -0.15) is 13.2 Å². The van der Waals surface area contributed by atoms with E-state index in [2.05, 4.69) is 12.2 Å². The van der Waals surface area contributed by atoms with E-state index in [0.29, 0.717) is 11.8 Å². The number of hydrogen-bond acceptors (Lipinski definition) is 1. The van der Waals surface area contributed by atoms with Crippen LogP contribution in [0.4, 0.5) is 13.2 Å². The molecule has 1 aromatic rings. The van der Waals surface area contributed by atoms with Crippen molar-refractivity contribution in [3.63, 3.8) is 0 Å².